The summed E-state index contributed by atoms with van der Waals surface area (Å²) in [4.78, 5) is 11.0. The Labute approximate surface area is 112 Å². The van der Waals surface area contributed by atoms with Crippen molar-refractivity contribution in [1.29, 1.82) is 0 Å². The van der Waals surface area contributed by atoms with Crippen LogP contribution in [0, 0.1) is 0 Å². The standard InChI is InChI=1S/C15H19NO3/c1-2-3-9-19-10-8-16-7-6-12-4-5-13(15(17)18)11-14(12)16/h4-7,11H,2-3,8-10H2,1H3,(H,17,18). The Kier molecular flexibility index (Phi) is 4.58. The van der Waals surface area contributed by atoms with E-state index in [1.807, 2.05) is 22.9 Å². The Morgan fingerprint density at radius 3 is 2.89 bits per heavy atom. The molecule has 0 saturated heterocycles. The minimum absolute atomic E-state index is 0.319. The van der Waals surface area contributed by atoms with Gasteiger partial charge in [0.2, 0.25) is 0 Å². The number of aromatic nitrogens is 1. The molecule has 0 unspecified atom stereocenters. The van der Waals surface area contributed by atoms with Gasteiger partial charge in [0, 0.05) is 24.9 Å². The predicted octanol–water partition coefficient (Wildman–Crippen LogP) is 3.16. The Morgan fingerprint density at radius 1 is 1.32 bits per heavy atom. The van der Waals surface area contributed by atoms with E-state index in [9.17, 15) is 4.79 Å². The molecule has 19 heavy (non-hydrogen) atoms. The number of rotatable bonds is 7. The first-order chi connectivity index (χ1) is 9.22. The summed E-state index contributed by atoms with van der Waals surface area (Å²) in [6.45, 7) is 4.32. The first-order valence-electron chi connectivity index (χ1n) is 6.62. The molecule has 0 spiro atoms. The number of carboxylic acid groups (broad SMARTS) is 1. The van der Waals surface area contributed by atoms with Crippen LogP contribution in [-0.2, 0) is 11.3 Å². The molecular weight excluding hydrogens is 242 g/mol. The van der Waals surface area contributed by atoms with Gasteiger partial charge < -0.3 is 14.4 Å². The summed E-state index contributed by atoms with van der Waals surface area (Å²) in [6.07, 6.45) is 4.18. The van der Waals surface area contributed by atoms with Crippen LogP contribution in [0.25, 0.3) is 10.9 Å². The molecule has 0 bridgehead atoms. The van der Waals surface area contributed by atoms with Gasteiger partial charge in [0.05, 0.1) is 12.2 Å². The van der Waals surface area contributed by atoms with Crippen LogP contribution in [-0.4, -0.2) is 28.9 Å². The largest absolute Gasteiger partial charge is 0.478 e. The average molecular weight is 261 g/mol. The number of ether oxygens (including phenoxy) is 1. The molecule has 0 aliphatic rings. The number of aromatic carboxylic acids is 1. The van der Waals surface area contributed by atoms with E-state index in [4.69, 9.17) is 9.84 Å². The highest BCUT2D eigenvalue weighted by molar-refractivity contribution is 5.93. The molecule has 102 valence electrons. The fourth-order valence-corrected chi connectivity index (χ4v) is 2.02. The van der Waals surface area contributed by atoms with Crippen molar-refractivity contribution < 1.29 is 14.6 Å². The van der Waals surface area contributed by atoms with Crippen LogP contribution in [0.1, 0.15) is 30.1 Å². The zero-order valence-corrected chi connectivity index (χ0v) is 11.1. The third-order valence-electron chi connectivity index (χ3n) is 3.14. The van der Waals surface area contributed by atoms with E-state index in [1.165, 1.54) is 0 Å². The molecule has 2 rings (SSSR count). The maximum Gasteiger partial charge on any atom is 0.335 e. The van der Waals surface area contributed by atoms with Gasteiger partial charge >= 0.3 is 5.97 Å². The van der Waals surface area contributed by atoms with Gasteiger partial charge in [0.15, 0.2) is 0 Å². The Hall–Kier alpha value is -1.81. The number of hydrogen-bond acceptors (Lipinski definition) is 2. The highest BCUT2D eigenvalue weighted by Crippen LogP contribution is 2.17. The second-order valence-corrected chi connectivity index (χ2v) is 4.55. The topological polar surface area (TPSA) is 51.5 Å². The van der Waals surface area contributed by atoms with Crippen molar-refractivity contribution >= 4 is 16.9 Å². The zero-order valence-electron chi connectivity index (χ0n) is 11.1. The van der Waals surface area contributed by atoms with Gasteiger partial charge in [-0.2, -0.15) is 0 Å². The second kappa shape index (κ2) is 6.38. The minimum Gasteiger partial charge on any atom is -0.478 e. The van der Waals surface area contributed by atoms with Gasteiger partial charge in [0.25, 0.3) is 0 Å². The molecule has 1 N–H and O–H groups in total. The third-order valence-corrected chi connectivity index (χ3v) is 3.14. The van der Waals surface area contributed by atoms with Gasteiger partial charge in [-0.3, -0.25) is 0 Å². The van der Waals surface area contributed by atoms with E-state index in [-0.39, 0.29) is 0 Å². The van der Waals surface area contributed by atoms with Crippen LogP contribution < -0.4 is 0 Å². The molecule has 0 aliphatic heterocycles. The van der Waals surface area contributed by atoms with Crippen LogP contribution in [0.15, 0.2) is 30.5 Å². The van der Waals surface area contributed by atoms with E-state index in [2.05, 4.69) is 6.92 Å². The number of carboxylic acids is 1. The molecule has 0 saturated carbocycles. The Bertz CT molecular complexity index is 560. The SMILES string of the molecule is CCCCOCCn1ccc2ccc(C(=O)O)cc21. The first kappa shape index (κ1) is 13.6. The smallest absolute Gasteiger partial charge is 0.335 e. The lowest BCUT2D eigenvalue weighted by molar-refractivity contribution is 0.0697. The fraction of sp³-hybridized carbons (Fsp3) is 0.400. The maximum atomic E-state index is 11.0. The van der Waals surface area contributed by atoms with Gasteiger partial charge in [-0.1, -0.05) is 19.4 Å². The number of carbonyl (C=O) groups is 1. The lowest BCUT2D eigenvalue weighted by atomic mass is 10.2. The fourth-order valence-electron chi connectivity index (χ4n) is 2.02. The van der Waals surface area contributed by atoms with Crippen LogP contribution in [0.4, 0.5) is 0 Å². The van der Waals surface area contributed by atoms with E-state index in [1.54, 1.807) is 12.1 Å². The monoisotopic (exact) mass is 261 g/mol. The summed E-state index contributed by atoms with van der Waals surface area (Å²) in [5.74, 6) is -0.895. The van der Waals surface area contributed by atoms with Crippen molar-refractivity contribution in [2.24, 2.45) is 0 Å². The summed E-state index contributed by atoms with van der Waals surface area (Å²) in [5.41, 5.74) is 1.26. The molecular formula is C15H19NO3. The average Bonchev–Trinajstić information content (AvgIpc) is 2.81. The number of hydrogen-bond donors (Lipinski definition) is 1. The lowest BCUT2D eigenvalue weighted by Crippen LogP contribution is -2.06. The zero-order chi connectivity index (χ0) is 13.7. The molecule has 4 heteroatoms. The summed E-state index contributed by atoms with van der Waals surface area (Å²) < 4.78 is 7.57. The normalized spacial score (nSPS) is 11.0. The van der Waals surface area contributed by atoms with Crippen molar-refractivity contribution in [2.45, 2.75) is 26.3 Å². The maximum absolute atomic E-state index is 11.0. The van der Waals surface area contributed by atoms with Gasteiger partial charge in [-0.25, -0.2) is 4.79 Å². The number of fused-ring (bicyclic) bond motifs is 1. The number of benzene rings is 1. The molecule has 0 aliphatic carbocycles. The van der Waals surface area contributed by atoms with Crippen molar-refractivity contribution in [3.63, 3.8) is 0 Å². The summed E-state index contributed by atoms with van der Waals surface area (Å²) in [6, 6.07) is 7.18. The quantitative estimate of drug-likeness (QED) is 0.779. The van der Waals surface area contributed by atoms with Crippen LogP contribution >= 0.6 is 0 Å². The van der Waals surface area contributed by atoms with E-state index in [0.29, 0.717) is 12.2 Å². The van der Waals surface area contributed by atoms with Crippen LogP contribution in [0.2, 0.25) is 0 Å². The second-order valence-electron chi connectivity index (χ2n) is 4.55. The number of unbranched alkanes of at least 4 members (excludes halogenated alkanes) is 1. The molecule has 1 aromatic carbocycles. The predicted molar refractivity (Wildman–Crippen MR) is 74.6 cm³/mol. The first-order valence-corrected chi connectivity index (χ1v) is 6.62. The van der Waals surface area contributed by atoms with E-state index >= 15 is 0 Å². The Morgan fingerprint density at radius 2 is 2.16 bits per heavy atom. The minimum atomic E-state index is -0.895. The van der Waals surface area contributed by atoms with Crippen molar-refractivity contribution in [2.75, 3.05) is 13.2 Å². The Balaban J connectivity index is 2.06. The molecule has 0 fully saturated rings. The molecule has 4 nitrogen and oxygen atoms in total. The molecule has 1 aromatic heterocycles. The van der Waals surface area contributed by atoms with Crippen molar-refractivity contribution in [3.8, 4) is 0 Å². The van der Waals surface area contributed by atoms with Crippen molar-refractivity contribution in [1.82, 2.24) is 4.57 Å². The van der Waals surface area contributed by atoms with Gasteiger partial charge in [-0.15, -0.1) is 0 Å². The highest BCUT2D eigenvalue weighted by atomic mass is 16.5. The van der Waals surface area contributed by atoms with E-state index < -0.39 is 5.97 Å². The molecule has 0 atom stereocenters. The highest BCUT2D eigenvalue weighted by Gasteiger charge is 2.06. The van der Waals surface area contributed by atoms with Crippen molar-refractivity contribution in [3.05, 3.63) is 36.0 Å². The summed E-state index contributed by atoms with van der Waals surface area (Å²) >= 11 is 0. The number of nitrogens with zero attached hydrogens (tertiary/aromatic N) is 1. The summed E-state index contributed by atoms with van der Waals surface area (Å²) in [5, 5.41) is 10.1. The molecule has 1 heterocycles. The summed E-state index contributed by atoms with van der Waals surface area (Å²) in [7, 11) is 0. The van der Waals surface area contributed by atoms with Gasteiger partial charge in [-0.05, 0) is 30.0 Å². The third kappa shape index (κ3) is 3.35. The van der Waals surface area contributed by atoms with Gasteiger partial charge in [0.1, 0.15) is 0 Å². The van der Waals surface area contributed by atoms with Crippen LogP contribution in [0.3, 0.4) is 0 Å². The molecule has 2 aromatic rings. The molecule has 0 amide bonds. The van der Waals surface area contributed by atoms with E-state index in [0.717, 1.165) is 36.9 Å². The van der Waals surface area contributed by atoms with Crippen LogP contribution in [0.5, 0.6) is 0 Å². The lowest BCUT2D eigenvalue weighted by Gasteiger charge is -2.07. The molecule has 0 radical (unpaired) electrons.